The van der Waals surface area contributed by atoms with Crippen LogP contribution in [0.15, 0.2) is 46.2 Å². The van der Waals surface area contributed by atoms with Gasteiger partial charge in [-0.25, -0.2) is 22.0 Å². The molecular formula is C14H15ClN2O4S2. The Balaban J connectivity index is 2.53. The first-order chi connectivity index (χ1) is 10.5. The van der Waals surface area contributed by atoms with Crippen molar-refractivity contribution < 1.29 is 16.8 Å². The molecule has 6 nitrogen and oxygen atoms in total. The number of halogens is 1. The van der Waals surface area contributed by atoms with Crippen molar-refractivity contribution in [1.82, 2.24) is 0 Å². The number of hydrogen-bond donors (Lipinski definition) is 2. The number of nitrogens with one attached hydrogen (secondary N) is 1. The SMILES string of the molecule is Cc1cc(S(N)(=O)=O)cc(NS(=O)(=O)c2cccc(Cl)c2)c1C. The van der Waals surface area contributed by atoms with E-state index < -0.39 is 20.0 Å². The molecule has 0 fully saturated rings. The van der Waals surface area contributed by atoms with Crippen LogP contribution in [0.4, 0.5) is 5.69 Å². The molecule has 0 aliphatic carbocycles. The highest BCUT2D eigenvalue weighted by atomic mass is 35.5. The van der Waals surface area contributed by atoms with Crippen LogP contribution >= 0.6 is 11.6 Å². The van der Waals surface area contributed by atoms with Crippen LogP contribution in [-0.2, 0) is 20.0 Å². The minimum atomic E-state index is -3.95. The van der Waals surface area contributed by atoms with E-state index >= 15 is 0 Å². The largest absolute Gasteiger partial charge is 0.279 e. The summed E-state index contributed by atoms with van der Waals surface area (Å²) in [6.07, 6.45) is 0. The molecule has 0 aliphatic rings. The summed E-state index contributed by atoms with van der Waals surface area (Å²) in [4.78, 5) is -0.188. The monoisotopic (exact) mass is 374 g/mol. The zero-order valence-corrected chi connectivity index (χ0v) is 14.8. The van der Waals surface area contributed by atoms with Crippen LogP contribution in [0, 0.1) is 13.8 Å². The predicted octanol–water partition coefficient (Wildman–Crippen LogP) is 2.41. The molecule has 2 aromatic carbocycles. The zero-order chi connectivity index (χ0) is 17.4. The maximum absolute atomic E-state index is 12.4. The lowest BCUT2D eigenvalue weighted by molar-refractivity contribution is 0.596. The van der Waals surface area contributed by atoms with Crippen LogP contribution in [0.25, 0.3) is 0 Å². The van der Waals surface area contributed by atoms with Crippen molar-refractivity contribution in [3.05, 3.63) is 52.5 Å². The number of anilines is 1. The van der Waals surface area contributed by atoms with Gasteiger partial charge in [-0.3, -0.25) is 4.72 Å². The molecule has 0 aromatic heterocycles. The maximum Gasteiger partial charge on any atom is 0.261 e. The number of primary sulfonamides is 1. The van der Waals surface area contributed by atoms with Crippen molar-refractivity contribution in [2.45, 2.75) is 23.6 Å². The van der Waals surface area contributed by atoms with Crippen molar-refractivity contribution in [1.29, 1.82) is 0 Å². The molecular weight excluding hydrogens is 360 g/mol. The molecule has 2 aromatic rings. The second-order valence-electron chi connectivity index (χ2n) is 5.02. The first-order valence-corrected chi connectivity index (χ1v) is 9.84. The maximum atomic E-state index is 12.4. The van der Waals surface area contributed by atoms with E-state index in [2.05, 4.69) is 4.72 Å². The number of sulfonamides is 2. The molecule has 0 atom stereocenters. The summed E-state index contributed by atoms with van der Waals surface area (Å²) < 4.78 is 50.3. The van der Waals surface area contributed by atoms with E-state index in [1.807, 2.05) is 0 Å². The second-order valence-corrected chi connectivity index (χ2v) is 8.70. The Hall–Kier alpha value is -1.61. The molecule has 0 heterocycles. The minimum absolute atomic E-state index is 0.0249. The average Bonchev–Trinajstić information content (AvgIpc) is 2.42. The summed E-state index contributed by atoms with van der Waals surface area (Å²) in [7, 11) is -7.85. The van der Waals surface area contributed by atoms with Gasteiger partial charge in [0.05, 0.1) is 15.5 Å². The van der Waals surface area contributed by atoms with Crippen molar-refractivity contribution >= 4 is 37.3 Å². The number of hydrogen-bond acceptors (Lipinski definition) is 4. The van der Waals surface area contributed by atoms with Gasteiger partial charge in [0.25, 0.3) is 10.0 Å². The number of nitrogens with two attached hydrogens (primary N) is 1. The highest BCUT2D eigenvalue weighted by Crippen LogP contribution is 2.26. The Morgan fingerprint density at radius 2 is 1.65 bits per heavy atom. The summed E-state index contributed by atoms with van der Waals surface area (Å²) >= 11 is 5.81. The van der Waals surface area contributed by atoms with Crippen LogP contribution in [-0.4, -0.2) is 16.8 Å². The average molecular weight is 375 g/mol. The van der Waals surface area contributed by atoms with E-state index in [1.54, 1.807) is 19.9 Å². The Kier molecular flexibility index (Phi) is 4.72. The van der Waals surface area contributed by atoms with E-state index in [1.165, 1.54) is 30.3 Å². The van der Waals surface area contributed by atoms with E-state index in [9.17, 15) is 16.8 Å². The Morgan fingerprint density at radius 1 is 1.00 bits per heavy atom. The highest BCUT2D eigenvalue weighted by Gasteiger charge is 2.19. The van der Waals surface area contributed by atoms with Crippen molar-refractivity contribution in [3.8, 4) is 0 Å². The Labute approximate surface area is 140 Å². The number of aryl methyl sites for hydroxylation is 1. The molecule has 23 heavy (non-hydrogen) atoms. The third-order valence-corrected chi connectivity index (χ3v) is 5.81. The van der Waals surface area contributed by atoms with Crippen LogP contribution in [0.3, 0.4) is 0 Å². The first kappa shape index (κ1) is 17.7. The van der Waals surface area contributed by atoms with E-state index in [0.29, 0.717) is 11.1 Å². The van der Waals surface area contributed by atoms with E-state index in [-0.39, 0.29) is 20.5 Å². The molecule has 0 aliphatic heterocycles. The molecule has 0 spiro atoms. The van der Waals surface area contributed by atoms with Gasteiger partial charge in [0, 0.05) is 5.02 Å². The summed E-state index contributed by atoms with van der Waals surface area (Å²) in [5.74, 6) is 0. The third kappa shape index (κ3) is 4.03. The Morgan fingerprint density at radius 3 is 2.22 bits per heavy atom. The molecule has 9 heteroatoms. The van der Waals surface area contributed by atoms with Gasteiger partial charge in [0.2, 0.25) is 10.0 Å². The molecule has 2 rings (SSSR count). The van der Waals surface area contributed by atoms with Gasteiger partial charge in [-0.2, -0.15) is 0 Å². The van der Waals surface area contributed by atoms with Crippen LogP contribution in [0.2, 0.25) is 5.02 Å². The molecule has 0 bridgehead atoms. The third-order valence-electron chi connectivity index (χ3n) is 3.32. The second kappa shape index (κ2) is 6.12. The standard InChI is InChI=1S/C14H15ClN2O4S2/c1-9-6-13(22(16,18)19)8-14(10(9)2)17-23(20,21)12-5-3-4-11(15)7-12/h3-8,17H,1-2H3,(H2,16,18,19). The molecule has 0 unspecified atom stereocenters. The fourth-order valence-electron chi connectivity index (χ4n) is 1.93. The van der Waals surface area contributed by atoms with Crippen LogP contribution in [0.5, 0.6) is 0 Å². The summed E-state index contributed by atoms with van der Waals surface area (Å²) in [6.45, 7) is 3.35. The minimum Gasteiger partial charge on any atom is -0.279 e. The zero-order valence-electron chi connectivity index (χ0n) is 12.4. The molecule has 0 amide bonds. The topological polar surface area (TPSA) is 106 Å². The molecule has 3 N–H and O–H groups in total. The van der Waals surface area contributed by atoms with Crippen molar-refractivity contribution in [2.24, 2.45) is 5.14 Å². The normalized spacial score (nSPS) is 12.2. The fourth-order valence-corrected chi connectivity index (χ4v) is 3.97. The van der Waals surface area contributed by atoms with Gasteiger partial charge >= 0.3 is 0 Å². The van der Waals surface area contributed by atoms with E-state index in [0.717, 1.165) is 0 Å². The molecule has 124 valence electrons. The molecule has 0 saturated carbocycles. The quantitative estimate of drug-likeness (QED) is 0.856. The Bertz CT molecular complexity index is 970. The number of benzene rings is 2. The lowest BCUT2D eigenvalue weighted by Gasteiger charge is -2.14. The lowest BCUT2D eigenvalue weighted by Crippen LogP contribution is -2.17. The van der Waals surface area contributed by atoms with Gasteiger partial charge in [-0.15, -0.1) is 0 Å². The van der Waals surface area contributed by atoms with Crippen molar-refractivity contribution in [3.63, 3.8) is 0 Å². The smallest absolute Gasteiger partial charge is 0.261 e. The summed E-state index contributed by atoms with van der Waals surface area (Å²) in [5.41, 5.74) is 1.34. The van der Waals surface area contributed by atoms with Gasteiger partial charge in [0.15, 0.2) is 0 Å². The predicted molar refractivity (Wildman–Crippen MR) is 89.5 cm³/mol. The fraction of sp³-hybridized carbons (Fsp3) is 0.143. The van der Waals surface area contributed by atoms with Gasteiger partial charge in [-0.05, 0) is 55.3 Å². The molecule has 0 radical (unpaired) electrons. The van der Waals surface area contributed by atoms with Crippen molar-refractivity contribution in [2.75, 3.05) is 4.72 Å². The summed E-state index contributed by atoms with van der Waals surface area (Å²) in [6, 6.07) is 8.34. The number of rotatable bonds is 4. The first-order valence-electron chi connectivity index (χ1n) is 6.43. The summed E-state index contributed by atoms with van der Waals surface area (Å²) in [5, 5.41) is 5.39. The van der Waals surface area contributed by atoms with E-state index in [4.69, 9.17) is 16.7 Å². The van der Waals surface area contributed by atoms with Gasteiger partial charge in [-0.1, -0.05) is 17.7 Å². The van der Waals surface area contributed by atoms with Gasteiger partial charge < -0.3 is 0 Å². The van der Waals surface area contributed by atoms with Crippen LogP contribution < -0.4 is 9.86 Å². The highest BCUT2D eigenvalue weighted by molar-refractivity contribution is 7.92. The van der Waals surface area contributed by atoms with Gasteiger partial charge in [0.1, 0.15) is 0 Å². The lowest BCUT2D eigenvalue weighted by atomic mass is 10.1. The van der Waals surface area contributed by atoms with Crippen LogP contribution in [0.1, 0.15) is 11.1 Å². The molecule has 0 saturated heterocycles.